The van der Waals surface area contributed by atoms with Crippen molar-refractivity contribution in [2.75, 3.05) is 26.1 Å². The second kappa shape index (κ2) is 7.48. The van der Waals surface area contributed by atoms with Crippen LogP contribution in [0.2, 0.25) is 0 Å². The summed E-state index contributed by atoms with van der Waals surface area (Å²) < 4.78 is 30.8. The predicted molar refractivity (Wildman–Crippen MR) is 69.7 cm³/mol. The van der Waals surface area contributed by atoms with Crippen molar-refractivity contribution < 1.29 is 18.3 Å². The molecule has 1 atom stereocenters. The maximum absolute atomic E-state index is 11.8. The van der Waals surface area contributed by atoms with Gasteiger partial charge in [0.05, 0.1) is 18.4 Å². The van der Waals surface area contributed by atoms with Crippen LogP contribution in [0.4, 0.5) is 0 Å². The lowest BCUT2D eigenvalue weighted by molar-refractivity contribution is 0.199. The van der Waals surface area contributed by atoms with Crippen molar-refractivity contribution in [2.24, 2.45) is 0 Å². The molecule has 1 unspecified atom stereocenters. The van der Waals surface area contributed by atoms with E-state index in [0.29, 0.717) is 13.0 Å². The standard InChI is InChI=1S/C12H19NO4S/c1-17-8-5-9-18(15,16)13-12(10-14)11-6-3-2-4-7-11/h2-4,6-7,12-14H,5,8-10H2,1H3. The van der Waals surface area contributed by atoms with Crippen LogP contribution in [0.3, 0.4) is 0 Å². The van der Waals surface area contributed by atoms with Gasteiger partial charge in [0.1, 0.15) is 0 Å². The van der Waals surface area contributed by atoms with Crippen LogP contribution in [-0.2, 0) is 14.8 Å². The lowest BCUT2D eigenvalue weighted by Crippen LogP contribution is -2.33. The molecule has 102 valence electrons. The quantitative estimate of drug-likeness (QED) is 0.683. The van der Waals surface area contributed by atoms with Crippen LogP contribution in [0.25, 0.3) is 0 Å². The summed E-state index contributed by atoms with van der Waals surface area (Å²) >= 11 is 0. The summed E-state index contributed by atoms with van der Waals surface area (Å²) in [5.74, 6) is -0.00975. The van der Waals surface area contributed by atoms with Crippen molar-refractivity contribution in [1.82, 2.24) is 4.72 Å². The van der Waals surface area contributed by atoms with Gasteiger partial charge in [-0.25, -0.2) is 13.1 Å². The van der Waals surface area contributed by atoms with Crippen LogP contribution in [0.15, 0.2) is 30.3 Å². The van der Waals surface area contributed by atoms with Crippen LogP contribution in [-0.4, -0.2) is 39.6 Å². The van der Waals surface area contributed by atoms with Crippen LogP contribution in [0.1, 0.15) is 18.0 Å². The molecule has 0 aromatic heterocycles. The van der Waals surface area contributed by atoms with E-state index >= 15 is 0 Å². The van der Waals surface area contributed by atoms with Crippen LogP contribution >= 0.6 is 0 Å². The van der Waals surface area contributed by atoms with Crippen molar-refractivity contribution in [3.63, 3.8) is 0 Å². The minimum atomic E-state index is -3.40. The maximum Gasteiger partial charge on any atom is 0.212 e. The highest BCUT2D eigenvalue weighted by molar-refractivity contribution is 7.89. The Balaban J connectivity index is 2.63. The summed E-state index contributed by atoms with van der Waals surface area (Å²) in [6, 6.07) is 8.40. The Bertz CT molecular complexity index is 433. The zero-order valence-electron chi connectivity index (χ0n) is 10.4. The van der Waals surface area contributed by atoms with Crippen molar-refractivity contribution in [3.05, 3.63) is 35.9 Å². The molecule has 6 heteroatoms. The van der Waals surface area contributed by atoms with E-state index in [2.05, 4.69) is 4.72 Å². The van der Waals surface area contributed by atoms with Crippen LogP contribution < -0.4 is 4.72 Å². The Labute approximate surface area is 108 Å². The number of methoxy groups -OCH3 is 1. The van der Waals surface area contributed by atoms with Crippen LogP contribution in [0, 0.1) is 0 Å². The van der Waals surface area contributed by atoms with Gasteiger partial charge in [-0.05, 0) is 12.0 Å². The maximum atomic E-state index is 11.8. The largest absolute Gasteiger partial charge is 0.394 e. The van der Waals surface area contributed by atoms with Crippen molar-refractivity contribution in [3.8, 4) is 0 Å². The molecule has 0 radical (unpaired) electrons. The highest BCUT2D eigenvalue weighted by Gasteiger charge is 2.18. The Morgan fingerprint density at radius 2 is 2.00 bits per heavy atom. The van der Waals surface area contributed by atoms with E-state index < -0.39 is 16.1 Å². The SMILES string of the molecule is COCCCS(=O)(=O)NC(CO)c1ccccc1. The first-order valence-electron chi connectivity index (χ1n) is 5.74. The molecule has 18 heavy (non-hydrogen) atoms. The monoisotopic (exact) mass is 273 g/mol. The molecule has 0 amide bonds. The fourth-order valence-corrected chi connectivity index (χ4v) is 2.82. The summed E-state index contributed by atoms with van der Waals surface area (Å²) in [6.07, 6.45) is 0.429. The molecular weight excluding hydrogens is 254 g/mol. The minimum absolute atomic E-state index is 0.00975. The van der Waals surface area contributed by atoms with Gasteiger partial charge in [0.15, 0.2) is 0 Å². The van der Waals surface area contributed by atoms with Gasteiger partial charge >= 0.3 is 0 Å². The first-order chi connectivity index (χ1) is 8.59. The third-order valence-corrected chi connectivity index (χ3v) is 3.94. The molecule has 2 N–H and O–H groups in total. The van der Waals surface area contributed by atoms with E-state index in [9.17, 15) is 13.5 Å². The van der Waals surface area contributed by atoms with Crippen molar-refractivity contribution in [2.45, 2.75) is 12.5 Å². The smallest absolute Gasteiger partial charge is 0.212 e. The van der Waals surface area contributed by atoms with Gasteiger partial charge in [-0.2, -0.15) is 0 Å². The minimum Gasteiger partial charge on any atom is -0.394 e. The van der Waals surface area contributed by atoms with Crippen molar-refractivity contribution in [1.29, 1.82) is 0 Å². The molecule has 0 fully saturated rings. The second-order valence-electron chi connectivity index (χ2n) is 3.93. The molecule has 0 aliphatic heterocycles. The molecule has 0 spiro atoms. The highest BCUT2D eigenvalue weighted by atomic mass is 32.2. The van der Waals surface area contributed by atoms with Gasteiger partial charge < -0.3 is 9.84 Å². The number of aliphatic hydroxyl groups excluding tert-OH is 1. The molecule has 0 aliphatic carbocycles. The first kappa shape index (κ1) is 15.1. The van der Waals surface area contributed by atoms with Gasteiger partial charge in [-0.3, -0.25) is 0 Å². The zero-order valence-corrected chi connectivity index (χ0v) is 11.2. The summed E-state index contributed by atoms with van der Waals surface area (Å²) in [6.45, 7) is 0.129. The number of sulfonamides is 1. The van der Waals surface area contributed by atoms with Gasteiger partial charge in [0, 0.05) is 13.7 Å². The molecule has 0 saturated carbocycles. The average Bonchev–Trinajstić information content (AvgIpc) is 2.37. The van der Waals surface area contributed by atoms with E-state index in [0.717, 1.165) is 5.56 Å². The number of nitrogens with one attached hydrogen (secondary N) is 1. The van der Waals surface area contributed by atoms with Crippen LogP contribution in [0.5, 0.6) is 0 Å². The summed E-state index contributed by atoms with van der Waals surface area (Å²) in [5, 5.41) is 9.26. The van der Waals surface area contributed by atoms with Gasteiger partial charge in [-0.15, -0.1) is 0 Å². The Morgan fingerprint density at radius 1 is 1.33 bits per heavy atom. The van der Waals surface area contributed by atoms with E-state index in [1.165, 1.54) is 7.11 Å². The summed E-state index contributed by atoms with van der Waals surface area (Å²) in [7, 11) is -1.87. The van der Waals surface area contributed by atoms with Gasteiger partial charge in [0.25, 0.3) is 0 Å². The molecule has 1 aromatic rings. The molecule has 1 rings (SSSR count). The summed E-state index contributed by atoms with van der Waals surface area (Å²) in [5.41, 5.74) is 0.746. The third kappa shape index (κ3) is 5.14. The molecule has 0 saturated heterocycles. The Hall–Kier alpha value is -0.950. The molecule has 5 nitrogen and oxygen atoms in total. The lowest BCUT2D eigenvalue weighted by atomic mass is 10.1. The number of hydrogen-bond acceptors (Lipinski definition) is 4. The highest BCUT2D eigenvalue weighted by Crippen LogP contribution is 2.13. The van der Waals surface area contributed by atoms with E-state index in [-0.39, 0.29) is 12.4 Å². The normalized spacial score (nSPS) is 13.4. The van der Waals surface area contributed by atoms with E-state index in [1.54, 1.807) is 24.3 Å². The first-order valence-corrected chi connectivity index (χ1v) is 7.39. The Morgan fingerprint density at radius 3 is 2.56 bits per heavy atom. The summed E-state index contributed by atoms with van der Waals surface area (Å²) in [4.78, 5) is 0. The predicted octanol–water partition coefficient (Wildman–Crippen LogP) is 0.676. The number of benzene rings is 1. The average molecular weight is 273 g/mol. The number of hydrogen-bond donors (Lipinski definition) is 2. The fourth-order valence-electron chi connectivity index (χ4n) is 1.57. The van der Waals surface area contributed by atoms with E-state index in [1.807, 2.05) is 6.07 Å². The number of rotatable bonds is 8. The van der Waals surface area contributed by atoms with Gasteiger partial charge in [0.2, 0.25) is 10.0 Å². The number of aliphatic hydroxyl groups is 1. The fraction of sp³-hybridized carbons (Fsp3) is 0.500. The van der Waals surface area contributed by atoms with Crippen molar-refractivity contribution >= 4 is 10.0 Å². The molecule has 0 bridgehead atoms. The van der Waals surface area contributed by atoms with E-state index in [4.69, 9.17) is 4.74 Å². The zero-order chi connectivity index (χ0) is 13.4. The second-order valence-corrected chi connectivity index (χ2v) is 5.80. The third-order valence-electron chi connectivity index (χ3n) is 2.47. The Kier molecular flexibility index (Phi) is 6.28. The number of ether oxygens (including phenoxy) is 1. The molecule has 0 heterocycles. The lowest BCUT2D eigenvalue weighted by Gasteiger charge is -2.16. The topological polar surface area (TPSA) is 75.6 Å². The van der Waals surface area contributed by atoms with Gasteiger partial charge in [-0.1, -0.05) is 30.3 Å². The molecule has 0 aliphatic rings. The molecule has 1 aromatic carbocycles. The molecular formula is C12H19NO4S.